The van der Waals surface area contributed by atoms with Crippen molar-refractivity contribution < 1.29 is 9.90 Å². The first-order valence-electron chi connectivity index (χ1n) is 3.46. The number of carbonyl (C=O) groups is 1. The SMILES string of the molecule is CC1=C(C#N)[C]([Na])=NC(O)C1=O. The summed E-state index contributed by atoms with van der Waals surface area (Å²) in [6, 6.07) is 1.91. The summed E-state index contributed by atoms with van der Waals surface area (Å²) in [6.45, 7) is 1.54. The van der Waals surface area contributed by atoms with Crippen LogP contribution in [0, 0.1) is 11.3 Å². The van der Waals surface area contributed by atoms with Crippen LogP contribution in [0.4, 0.5) is 0 Å². The number of dihydropyridines is 1. The van der Waals surface area contributed by atoms with E-state index in [9.17, 15) is 4.79 Å². The molecule has 0 saturated heterocycles. The van der Waals surface area contributed by atoms with Crippen LogP contribution in [-0.2, 0) is 4.79 Å². The van der Waals surface area contributed by atoms with E-state index < -0.39 is 12.0 Å². The Labute approximate surface area is 87.0 Å². The number of aliphatic imine (C=N–C) groups is 1. The Kier molecular flexibility index (Phi) is 2.80. The van der Waals surface area contributed by atoms with Crippen LogP contribution in [0.25, 0.3) is 0 Å². The predicted octanol–water partition coefficient (Wildman–Crippen LogP) is -0.705. The number of rotatable bonds is 0. The van der Waals surface area contributed by atoms with E-state index in [-0.39, 0.29) is 0 Å². The summed E-state index contributed by atoms with van der Waals surface area (Å²) in [6.07, 6.45) is -1.28. The monoisotopic (exact) mass is 172 g/mol. The van der Waals surface area contributed by atoms with Crippen molar-refractivity contribution in [3.05, 3.63) is 11.1 Å². The quantitative estimate of drug-likeness (QED) is 0.491. The summed E-state index contributed by atoms with van der Waals surface area (Å²) in [7, 11) is 0. The molecule has 1 aliphatic heterocycles. The Morgan fingerprint density at radius 3 is 2.83 bits per heavy atom. The molecule has 0 aromatic heterocycles. The van der Waals surface area contributed by atoms with Gasteiger partial charge < -0.3 is 0 Å². The summed E-state index contributed by atoms with van der Waals surface area (Å²) >= 11 is 0.569. The summed E-state index contributed by atoms with van der Waals surface area (Å²) in [5.74, 6) is -0.467. The van der Waals surface area contributed by atoms with Crippen molar-refractivity contribution in [2.24, 2.45) is 4.99 Å². The normalized spacial score (nSPS) is 23.8. The van der Waals surface area contributed by atoms with Crippen molar-refractivity contribution in [3.8, 4) is 6.07 Å². The van der Waals surface area contributed by atoms with Gasteiger partial charge in [0, 0.05) is 0 Å². The number of nitriles is 1. The number of allylic oxidation sites excluding steroid dienone is 1. The van der Waals surface area contributed by atoms with Gasteiger partial charge >= 0.3 is 87.2 Å². The Morgan fingerprint density at radius 2 is 2.33 bits per heavy atom. The van der Waals surface area contributed by atoms with Crippen LogP contribution < -0.4 is 0 Å². The van der Waals surface area contributed by atoms with Crippen molar-refractivity contribution in [2.45, 2.75) is 13.2 Å². The summed E-state index contributed by atoms with van der Waals surface area (Å²) < 4.78 is 0.558. The third-order valence-corrected chi connectivity index (χ3v) is 2.53. The van der Waals surface area contributed by atoms with Crippen LogP contribution in [0.3, 0.4) is 0 Å². The Balaban J connectivity index is 3.23. The molecular formula is C7H5N2NaO2. The molecule has 4 nitrogen and oxygen atoms in total. The molecule has 1 rings (SSSR count). The van der Waals surface area contributed by atoms with Gasteiger partial charge in [-0.25, -0.2) is 0 Å². The number of ketones is 1. The number of aliphatic hydroxyl groups excluding tert-OH is 1. The molecule has 0 spiro atoms. The summed E-state index contributed by atoms with van der Waals surface area (Å²) in [4.78, 5) is 14.8. The number of nitrogens with zero attached hydrogens (tertiary/aromatic N) is 2. The van der Waals surface area contributed by atoms with Crippen molar-refractivity contribution in [2.75, 3.05) is 0 Å². The van der Waals surface area contributed by atoms with Gasteiger partial charge in [0.25, 0.3) is 0 Å². The van der Waals surface area contributed by atoms with Gasteiger partial charge in [0.2, 0.25) is 0 Å². The van der Waals surface area contributed by atoms with Crippen molar-refractivity contribution in [1.29, 1.82) is 5.26 Å². The fraction of sp³-hybridized carbons (Fsp3) is 0.286. The molecular weight excluding hydrogens is 167 g/mol. The molecule has 0 bridgehead atoms. The second kappa shape index (κ2) is 3.50. The standard InChI is InChI=1S/C7H5N2O2.Na/c1-4-5(2-8)3-9-7(11)6(4)10;/h7,11H,1H3;. The zero-order chi connectivity index (χ0) is 9.30. The van der Waals surface area contributed by atoms with Crippen LogP contribution in [-0.4, -0.2) is 48.0 Å². The van der Waals surface area contributed by atoms with Gasteiger partial charge in [0.1, 0.15) is 0 Å². The Morgan fingerprint density at radius 1 is 1.75 bits per heavy atom. The third-order valence-electron chi connectivity index (χ3n) is 1.77. The summed E-state index contributed by atoms with van der Waals surface area (Å²) in [5, 5.41) is 17.7. The van der Waals surface area contributed by atoms with E-state index in [4.69, 9.17) is 10.4 Å². The second-order valence-corrected chi connectivity index (χ2v) is 3.51. The van der Waals surface area contributed by atoms with Crippen LogP contribution in [0.5, 0.6) is 0 Å². The number of hydrogen-bond acceptors (Lipinski definition) is 4. The number of aliphatic hydroxyl groups is 1. The minimum atomic E-state index is -1.28. The topological polar surface area (TPSA) is 73.4 Å². The molecule has 1 N–H and O–H groups in total. The maximum absolute atomic E-state index is 11.1. The van der Waals surface area contributed by atoms with Gasteiger partial charge in [0.15, 0.2) is 0 Å². The summed E-state index contributed by atoms with van der Waals surface area (Å²) in [5.41, 5.74) is 0.655. The van der Waals surface area contributed by atoms with Crippen molar-refractivity contribution in [3.63, 3.8) is 0 Å². The maximum atomic E-state index is 11.1. The molecule has 0 radical (unpaired) electrons. The van der Waals surface area contributed by atoms with Gasteiger partial charge in [-0.05, 0) is 0 Å². The molecule has 0 amide bonds. The van der Waals surface area contributed by atoms with Gasteiger partial charge in [-0.2, -0.15) is 0 Å². The molecule has 5 heteroatoms. The molecule has 1 atom stereocenters. The first kappa shape index (κ1) is 9.62. The van der Waals surface area contributed by atoms with Gasteiger partial charge in [0.05, 0.1) is 0 Å². The molecule has 1 aliphatic rings. The van der Waals surface area contributed by atoms with Crippen LogP contribution in [0.1, 0.15) is 6.92 Å². The van der Waals surface area contributed by atoms with Crippen LogP contribution in [0.2, 0.25) is 0 Å². The van der Waals surface area contributed by atoms with Crippen LogP contribution in [0.15, 0.2) is 16.1 Å². The molecule has 56 valence electrons. The third kappa shape index (κ3) is 1.50. The molecule has 1 unspecified atom stereocenters. The molecule has 12 heavy (non-hydrogen) atoms. The van der Waals surface area contributed by atoms with E-state index in [0.717, 1.165) is 0 Å². The average molecular weight is 172 g/mol. The van der Waals surface area contributed by atoms with Gasteiger partial charge in [-0.3, -0.25) is 0 Å². The number of Topliss-reactive ketones (excluding diaryl/α,β-unsaturated/α-hetero) is 1. The average Bonchev–Trinajstić information content (AvgIpc) is 2.01. The zero-order valence-corrected chi connectivity index (χ0v) is 8.83. The van der Waals surface area contributed by atoms with Gasteiger partial charge in [-0.15, -0.1) is 0 Å². The fourth-order valence-electron chi connectivity index (χ4n) is 1.06. The molecule has 0 aliphatic carbocycles. The molecule has 0 aromatic carbocycles. The predicted molar refractivity (Wildman–Crippen MR) is 42.5 cm³/mol. The molecule has 1 heterocycles. The minimum absolute atomic E-state index is 0.324. The zero-order valence-electron chi connectivity index (χ0n) is 6.83. The first-order chi connectivity index (χ1) is 5.57. The van der Waals surface area contributed by atoms with E-state index in [1.165, 1.54) is 6.92 Å². The van der Waals surface area contributed by atoms with Gasteiger partial charge in [-0.1, -0.05) is 0 Å². The fourth-order valence-corrected chi connectivity index (χ4v) is 1.79. The molecule has 0 saturated carbocycles. The first-order valence-corrected chi connectivity index (χ1v) is 4.46. The van der Waals surface area contributed by atoms with E-state index in [2.05, 4.69) is 4.99 Å². The molecule has 0 aromatic rings. The van der Waals surface area contributed by atoms with E-state index in [1.807, 2.05) is 6.07 Å². The number of hydrogen-bond donors (Lipinski definition) is 1. The molecule has 0 fully saturated rings. The van der Waals surface area contributed by atoms with E-state index >= 15 is 0 Å². The Bertz CT molecular complexity index is 338. The van der Waals surface area contributed by atoms with Crippen molar-refractivity contribution in [1.82, 2.24) is 0 Å². The van der Waals surface area contributed by atoms with Crippen LogP contribution >= 0.6 is 0 Å². The van der Waals surface area contributed by atoms with E-state index in [0.29, 0.717) is 42.0 Å². The van der Waals surface area contributed by atoms with E-state index in [1.54, 1.807) is 0 Å². The second-order valence-electron chi connectivity index (χ2n) is 2.56. The van der Waals surface area contributed by atoms with Crippen molar-refractivity contribution >= 4 is 36.7 Å². The Hall–Kier alpha value is -0.470. The number of carbonyl (C=O) groups excluding carboxylic acids is 1.